The molecule has 10 heteroatoms. The van der Waals surface area contributed by atoms with Crippen LogP contribution in [0.5, 0.6) is 5.75 Å². The summed E-state index contributed by atoms with van der Waals surface area (Å²) < 4.78 is 42.6. The van der Waals surface area contributed by atoms with Gasteiger partial charge in [-0.25, -0.2) is 4.98 Å². The number of pyridine rings is 1. The Labute approximate surface area is 172 Å². The van der Waals surface area contributed by atoms with Gasteiger partial charge in [-0.05, 0) is 35.9 Å². The van der Waals surface area contributed by atoms with E-state index >= 15 is 0 Å². The summed E-state index contributed by atoms with van der Waals surface area (Å²) in [5, 5.41) is 0.490. The number of halogens is 3. The van der Waals surface area contributed by atoms with Crippen LogP contribution in [0.2, 0.25) is 0 Å². The smallest absolute Gasteiger partial charge is 0.406 e. The van der Waals surface area contributed by atoms with E-state index in [2.05, 4.69) is 14.7 Å². The second kappa shape index (κ2) is 8.11. The highest BCUT2D eigenvalue weighted by molar-refractivity contribution is 7.99. The van der Waals surface area contributed by atoms with Crippen LogP contribution in [0.3, 0.4) is 0 Å². The van der Waals surface area contributed by atoms with Gasteiger partial charge in [-0.2, -0.15) is 0 Å². The monoisotopic (exact) mass is 437 g/mol. The number of ether oxygens (including phenoxy) is 1. The Morgan fingerprint density at radius 3 is 2.69 bits per heavy atom. The van der Waals surface area contributed by atoms with Crippen molar-refractivity contribution in [3.63, 3.8) is 0 Å². The van der Waals surface area contributed by atoms with Gasteiger partial charge in [-0.1, -0.05) is 17.8 Å². The van der Waals surface area contributed by atoms with Crippen molar-refractivity contribution in [1.82, 2.24) is 14.5 Å². The highest BCUT2D eigenvalue weighted by Crippen LogP contribution is 2.31. The molecule has 0 aliphatic carbocycles. The minimum atomic E-state index is -4.77. The van der Waals surface area contributed by atoms with E-state index in [0.29, 0.717) is 21.5 Å². The molecule has 0 saturated heterocycles. The molecule has 1 aliphatic rings. The van der Waals surface area contributed by atoms with Crippen LogP contribution < -0.4 is 10.3 Å². The molecule has 29 heavy (non-hydrogen) atoms. The summed E-state index contributed by atoms with van der Waals surface area (Å²) >= 11 is 2.83. The summed E-state index contributed by atoms with van der Waals surface area (Å²) in [7, 11) is 0. The van der Waals surface area contributed by atoms with Crippen LogP contribution >= 0.6 is 23.5 Å². The molecular formula is C19H14F3N3O2S2. The Morgan fingerprint density at radius 2 is 2.00 bits per heavy atom. The lowest BCUT2D eigenvalue weighted by atomic mass is 10.3. The van der Waals surface area contributed by atoms with Crippen molar-refractivity contribution >= 4 is 23.5 Å². The minimum absolute atomic E-state index is 0.212. The molecule has 0 atom stereocenters. The Kier molecular flexibility index (Phi) is 5.55. The van der Waals surface area contributed by atoms with Gasteiger partial charge in [0.05, 0.1) is 16.3 Å². The van der Waals surface area contributed by atoms with Crippen LogP contribution in [0, 0.1) is 0 Å². The molecule has 1 aliphatic heterocycles. The molecule has 0 fully saturated rings. The highest BCUT2D eigenvalue weighted by atomic mass is 32.2. The van der Waals surface area contributed by atoms with Crippen molar-refractivity contribution < 1.29 is 17.9 Å². The van der Waals surface area contributed by atoms with Crippen LogP contribution in [-0.2, 0) is 12.2 Å². The van der Waals surface area contributed by atoms with Crippen LogP contribution in [-0.4, -0.2) is 26.7 Å². The lowest BCUT2D eigenvalue weighted by Gasteiger charge is -2.14. The number of aromatic nitrogens is 3. The third-order valence-corrected chi connectivity index (χ3v) is 6.20. The fourth-order valence-corrected chi connectivity index (χ4v) is 4.83. The van der Waals surface area contributed by atoms with Gasteiger partial charge >= 0.3 is 6.36 Å². The fourth-order valence-electron chi connectivity index (χ4n) is 2.85. The topological polar surface area (TPSA) is 57.0 Å². The average Bonchev–Trinajstić information content (AvgIpc) is 3.16. The SMILES string of the molecule is O=c1c2c(nc(SCc3cccnc3)n1-c1ccc(OC(F)(F)F)cc1)CCS2. The maximum Gasteiger partial charge on any atom is 0.573 e. The first-order valence-corrected chi connectivity index (χ1v) is 10.5. The molecule has 0 radical (unpaired) electrons. The molecule has 0 bridgehead atoms. The number of hydrogen-bond donors (Lipinski definition) is 0. The van der Waals surface area contributed by atoms with Gasteiger partial charge in [0.2, 0.25) is 0 Å². The number of hydrogen-bond acceptors (Lipinski definition) is 6. The molecule has 0 amide bonds. The summed E-state index contributed by atoms with van der Waals surface area (Å²) in [4.78, 5) is 22.4. The molecule has 1 aromatic carbocycles. The molecule has 3 aromatic rings. The van der Waals surface area contributed by atoms with Crippen molar-refractivity contribution in [3.8, 4) is 11.4 Å². The van der Waals surface area contributed by atoms with Crippen molar-refractivity contribution in [2.75, 3.05) is 5.75 Å². The Morgan fingerprint density at radius 1 is 1.21 bits per heavy atom. The first-order valence-electron chi connectivity index (χ1n) is 8.57. The minimum Gasteiger partial charge on any atom is -0.406 e. The lowest BCUT2D eigenvalue weighted by Crippen LogP contribution is -2.24. The molecule has 3 heterocycles. The molecule has 0 unspecified atom stereocenters. The van der Waals surface area contributed by atoms with Gasteiger partial charge in [0.25, 0.3) is 5.56 Å². The first kappa shape index (κ1) is 19.8. The Balaban J connectivity index is 1.70. The van der Waals surface area contributed by atoms with Crippen molar-refractivity contribution in [2.24, 2.45) is 0 Å². The van der Waals surface area contributed by atoms with E-state index in [1.807, 2.05) is 12.1 Å². The standard InChI is InChI=1S/C19H14F3N3O2S2/c20-19(21,22)27-14-5-3-13(4-6-14)25-17(26)16-15(7-9-28-16)24-18(25)29-11-12-2-1-8-23-10-12/h1-6,8,10H,7,9,11H2. The highest BCUT2D eigenvalue weighted by Gasteiger charge is 2.31. The Hall–Kier alpha value is -2.46. The van der Waals surface area contributed by atoms with Crippen LogP contribution in [0.4, 0.5) is 13.2 Å². The third kappa shape index (κ3) is 4.59. The normalized spacial score (nSPS) is 13.3. The molecule has 5 nitrogen and oxygen atoms in total. The molecule has 0 saturated carbocycles. The molecule has 4 rings (SSSR count). The van der Waals surface area contributed by atoms with Crippen LogP contribution in [0.15, 0.2) is 63.6 Å². The molecular weight excluding hydrogens is 423 g/mol. The number of alkyl halides is 3. The summed E-state index contributed by atoms with van der Waals surface area (Å²) in [6.07, 6.45) is -0.634. The quantitative estimate of drug-likeness (QED) is 0.434. The van der Waals surface area contributed by atoms with Gasteiger partial charge < -0.3 is 4.74 Å². The number of benzene rings is 1. The second-order valence-electron chi connectivity index (χ2n) is 6.10. The largest absolute Gasteiger partial charge is 0.573 e. The summed E-state index contributed by atoms with van der Waals surface area (Å²) in [5.74, 6) is 0.996. The number of thioether (sulfide) groups is 2. The number of fused-ring (bicyclic) bond motifs is 1. The van der Waals surface area contributed by atoms with E-state index in [9.17, 15) is 18.0 Å². The van der Waals surface area contributed by atoms with Gasteiger partial charge in [0.1, 0.15) is 5.75 Å². The fraction of sp³-hybridized carbons (Fsp3) is 0.211. The molecule has 0 N–H and O–H groups in total. The van der Waals surface area contributed by atoms with Crippen LogP contribution in [0.25, 0.3) is 5.69 Å². The second-order valence-corrected chi connectivity index (χ2v) is 8.15. The Bertz CT molecular complexity index is 1070. The van der Waals surface area contributed by atoms with E-state index in [1.165, 1.54) is 52.4 Å². The zero-order valence-corrected chi connectivity index (χ0v) is 16.5. The van der Waals surface area contributed by atoms with Gasteiger partial charge in [-0.3, -0.25) is 14.3 Å². The maximum absolute atomic E-state index is 13.1. The predicted molar refractivity (Wildman–Crippen MR) is 105 cm³/mol. The van der Waals surface area contributed by atoms with E-state index in [1.54, 1.807) is 12.4 Å². The van der Waals surface area contributed by atoms with E-state index in [-0.39, 0.29) is 11.3 Å². The average molecular weight is 437 g/mol. The first-order chi connectivity index (χ1) is 13.9. The van der Waals surface area contributed by atoms with Crippen molar-refractivity contribution in [3.05, 3.63) is 70.4 Å². The zero-order chi connectivity index (χ0) is 20.4. The van der Waals surface area contributed by atoms with Gasteiger partial charge in [0, 0.05) is 30.3 Å². The van der Waals surface area contributed by atoms with Crippen molar-refractivity contribution in [1.29, 1.82) is 0 Å². The molecule has 150 valence electrons. The molecule has 2 aromatic heterocycles. The van der Waals surface area contributed by atoms with Gasteiger partial charge in [-0.15, -0.1) is 24.9 Å². The molecule has 0 spiro atoms. The zero-order valence-electron chi connectivity index (χ0n) is 14.8. The van der Waals surface area contributed by atoms with E-state index in [4.69, 9.17) is 0 Å². The van der Waals surface area contributed by atoms with E-state index < -0.39 is 6.36 Å². The summed E-state index contributed by atoms with van der Waals surface area (Å²) in [6.45, 7) is 0. The van der Waals surface area contributed by atoms with E-state index in [0.717, 1.165) is 23.4 Å². The number of nitrogens with zero attached hydrogens (tertiary/aromatic N) is 3. The summed E-state index contributed by atoms with van der Waals surface area (Å²) in [5.41, 5.74) is 1.96. The predicted octanol–water partition coefficient (Wildman–Crippen LogP) is 4.47. The van der Waals surface area contributed by atoms with Gasteiger partial charge in [0.15, 0.2) is 5.16 Å². The number of rotatable bonds is 5. The third-order valence-electron chi connectivity index (χ3n) is 4.09. The lowest BCUT2D eigenvalue weighted by molar-refractivity contribution is -0.274. The summed E-state index contributed by atoms with van der Waals surface area (Å²) in [6, 6.07) is 8.97. The maximum atomic E-state index is 13.1. The van der Waals surface area contributed by atoms with Crippen molar-refractivity contribution in [2.45, 2.75) is 28.6 Å². The number of aryl methyl sites for hydroxylation is 1. The van der Waals surface area contributed by atoms with Crippen LogP contribution in [0.1, 0.15) is 11.3 Å².